The maximum atomic E-state index is 11.6. The van der Waals surface area contributed by atoms with Crippen LogP contribution in [0.2, 0.25) is 0 Å². The van der Waals surface area contributed by atoms with Crippen LogP contribution >= 0.6 is 22.6 Å². The van der Waals surface area contributed by atoms with Crippen LogP contribution in [-0.4, -0.2) is 32.5 Å². The van der Waals surface area contributed by atoms with Gasteiger partial charge in [0.05, 0.1) is 11.5 Å². The van der Waals surface area contributed by atoms with E-state index in [1.807, 2.05) is 0 Å². The average molecular weight is 393 g/mol. The predicted octanol–water partition coefficient (Wildman–Crippen LogP) is 2.25. The zero-order chi connectivity index (χ0) is 13.9. The van der Waals surface area contributed by atoms with Gasteiger partial charge in [-0.15, -0.1) is 0 Å². The van der Waals surface area contributed by atoms with Gasteiger partial charge in [-0.2, -0.15) is 0 Å². The van der Waals surface area contributed by atoms with Gasteiger partial charge in [0.1, 0.15) is 0 Å². The molecule has 1 fully saturated rings. The highest BCUT2D eigenvalue weighted by atomic mass is 127. The van der Waals surface area contributed by atoms with Crippen molar-refractivity contribution < 1.29 is 8.42 Å². The summed E-state index contributed by atoms with van der Waals surface area (Å²) >= 11 is 2.29. The number of benzene rings is 1. The molecule has 106 valence electrons. The number of rotatable bonds is 5. The fourth-order valence-corrected chi connectivity index (χ4v) is 4.92. The Kier molecular flexibility index (Phi) is 5.25. The lowest BCUT2D eigenvalue weighted by Crippen LogP contribution is -2.38. The van der Waals surface area contributed by atoms with Crippen LogP contribution in [0.25, 0.3) is 0 Å². The number of sulfone groups is 1. The Morgan fingerprint density at radius 3 is 2.58 bits per heavy atom. The van der Waals surface area contributed by atoms with Crippen LogP contribution < -0.4 is 5.32 Å². The lowest BCUT2D eigenvalue weighted by atomic mass is 9.93. The minimum Gasteiger partial charge on any atom is -0.314 e. The zero-order valence-corrected chi connectivity index (χ0v) is 14.1. The number of halogens is 1. The molecule has 1 aliphatic rings. The molecule has 1 N–H and O–H groups in total. The monoisotopic (exact) mass is 393 g/mol. The summed E-state index contributed by atoms with van der Waals surface area (Å²) in [6.45, 7) is 2.95. The van der Waals surface area contributed by atoms with Crippen LogP contribution in [0.4, 0.5) is 0 Å². The van der Waals surface area contributed by atoms with E-state index in [2.05, 4.69) is 59.1 Å². The highest BCUT2D eigenvalue weighted by Crippen LogP contribution is 2.24. The molecule has 1 aliphatic heterocycles. The van der Waals surface area contributed by atoms with E-state index in [-0.39, 0.29) is 12.0 Å². The number of hydrogen-bond acceptors (Lipinski definition) is 3. The molecule has 1 aromatic rings. The molecule has 0 bridgehead atoms. The molecule has 0 amide bonds. The fourth-order valence-electron chi connectivity index (χ4n) is 2.68. The van der Waals surface area contributed by atoms with Crippen molar-refractivity contribution in [2.24, 2.45) is 5.92 Å². The van der Waals surface area contributed by atoms with Crippen molar-refractivity contribution in [2.75, 3.05) is 18.1 Å². The summed E-state index contributed by atoms with van der Waals surface area (Å²) in [5.41, 5.74) is 1.27. The molecule has 2 atom stereocenters. The molecule has 1 aromatic carbocycles. The first-order valence-corrected chi connectivity index (χ1v) is 9.58. The van der Waals surface area contributed by atoms with Gasteiger partial charge in [-0.25, -0.2) is 8.42 Å². The molecule has 0 aromatic heterocycles. The molecule has 0 radical (unpaired) electrons. The van der Waals surface area contributed by atoms with E-state index in [1.54, 1.807) is 0 Å². The number of nitrogens with one attached hydrogen (secondary N) is 1. The van der Waals surface area contributed by atoms with E-state index in [4.69, 9.17) is 0 Å². The second-order valence-corrected chi connectivity index (χ2v) is 8.63. The molecule has 5 heteroatoms. The molecule has 0 saturated carbocycles. The van der Waals surface area contributed by atoms with Gasteiger partial charge < -0.3 is 5.32 Å². The maximum Gasteiger partial charge on any atom is 0.150 e. The van der Waals surface area contributed by atoms with Crippen molar-refractivity contribution in [1.82, 2.24) is 5.32 Å². The SMILES string of the molecule is CCNC(Cc1ccc(I)cc1)C1CCS(=O)(=O)C1. The lowest BCUT2D eigenvalue weighted by molar-refractivity contribution is 0.386. The summed E-state index contributed by atoms with van der Waals surface area (Å²) in [5.74, 6) is 0.950. The van der Waals surface area contributed by atoms with E-state index < -0.39 is 9.84 Å². The minimum atomic E-state index is -2.80. The smallest absolute Gasteiger partial charge is 0.150 e. The molecule has 2 unspecified atom stereocenters. The van der Waals surface area contributed by atoms with Gasteiger partial charge in [0, 0.05) is 9.61 Å². The predicted molar refractivity (Wildman–Crippen MR) is 87.1 cm³/mol. The van der Waals surface area contributed by atoms with Gasteiger partial charge in [0.25, 0.3) is 0 Å². The third-order valence-electron chi connectivity index (χ3n) is 3.67. The van der Waals surface area contributed by atoms with Crippen LogP contribution in [0.5, 0.6) is 0 Å². The largest absolute Gasteiger partial charge is 0.314 e. The normalized spacial score (nSPS) is 23.4. The maximum absolute atomic E-state index is 11.6. The van der Waals surface area contributed by atoms with E-state index in [0.29, 0.717) is 11.5 Å². The summed E-state index contributed by atoms with van der Waals surface area (Å²) < 4.78 is 24.5. The first-order valence-electron chi connectivity index (χ1n) is 6.68. The van der Waals surface area contributed by atoms with Gasteiger partial charge in [-0.05, 0) is 65.6 Å². The molecule has 3 nitrogen and oxygen atoms in total. The molecule has 2 rings (SSSR count). The van der Waals surface area contributed by atoms with Gasteiger partial charge >= 0.3 is 0 Å². The molecular weight excluding hydrogens is 373 g/mol. The van der Waals surface area contributed by atoms with Gasteiger partial charge in [0.2, 0.25) is 0 Å². The van der Waals surface area contributed by atoms with Crippen molar-refractivity contribution in [3.63, 3.8) is 0 Å². The summed E-state index contributed by atoms with van der Waals surface area (Å²) in [5, 5.41) is 3.46. The molecule has 19 heavy (non-hydrogen) atoms. The van der Waals surface area contributed by atoms with Crippen molar-refractivity contribution in [1.29, 1.82) is 0 Å². The Morgan fingerprint density at radius 1 is 1.37 bits per heavy atom. The van der Waals surface area contributed by atoms with Crippen molar-refractivity contribution in [3.8, 4) is 0 Å². The zero-order valence-electron chi connectivity index (χ0n) is 11.1. The summed E-state index contributed by atoms with van der Waals surface area (Å²) in [6, 6.07) is 8.74. The van der Waals surface area contributed by atoms with Gasteiger partial charge in [-0.3, -0.25) is 0 Å². The van der Waals surface area contributed by atoms with Crippen LogP contribution in [0, 0.1) is 9.49 Å². The Bertz CT molecular complexity index is 513. The lowest BCUT2D eigenvalue weighted by Gasteiger charge is -2.23. The highest BCUT2D eigenvalue weighted by Gasteiger charge is 2.33. The van der Waals surface area contributed by atoms with E-state index in [1.165, 1.54) is 9.13 Å². The summed E-state index contributed by atoms with van der Waals surface area (Å²) in [7, 11) is -2.80. The third-order valence-corrected chi connectivity index (χ3v) is 6.18. The first-order chi connectivity index (χ1) is 9.00. The van der Waals surface area contributed by atoms with Gasteiger partial charge in [-0.1, -0.05) is 19.1 Å². The average Bonchev–Trinajstić information content (AvgIpc) is 2.72. The third kappa shape index (κ3) is 4.43. The Labute approximate surface area is 129 Å². The van der Waals surface area contributed by atoms with Crippen LogP contribution in [0.3, 0.4) is 0 Å². The molecule has 0 aliphatic carbocycles. The van der Waals surface area contributed by atoms with Crippen molar-refractivity contribution >= 4 is 32.4 Å². The summed E-state index contributed by atoms with van der Waals surface area (Å²) in [6.07, 6.45) is 1.70. The molecular formula is C14H20INO2S. The Morgan fingerprint density at radius 2 is 2.05 bits per heavy atom. The summed E-state index contributed by atoms with van der Waals surface area (Å²) in [4.78, 5) is 0. The van der Waals surface area contributed by atoms with E-state index >= 15 is 0 Å². The Balaban J connectivity index is 2.06. The number of likely N-dealkylation sites (N-methyl/N-ethyl adjacent to an activating group) is 1. The van der Waals surface area contributed by atoms with E-state index in [0.717, 1.165) is 19.4 Å². The van der Waals surface area contributed by atoms with Crippen molar-refractivity contribution in [3.05, 3.63) is 33.4 Å². The quantitative estimate of drug-likeness (QED) is 0.781. The van der Waals surface area contributed by atoms with Gasteiger partial charge in [0.15, 0.2) is 9.84 Å². The van der Waals surface area contributed by atoms with Crippen LogP contribution in [0.1, 0.15) is 18.9 Å². The standard InChI is InChI=1S/C14H20INO2S/c1-2-16-14(12-7-8-19(17,18)10-12)9-11-3-5-13(15)6-4-11/h3-6,12,14,16H,2,7-10H2,1H3. The van der Waals surface area contributed by atoms with Crippen molar-refractivity contribution in [2.45, 2.75) is 25.8 Å². The van der Waals surface area contributed by atoms with Crippen LogP contribution in [0.15, 0.2) is 24.3 Å². The number of hydrogen-bond donors (Lipinski definition) is 1. The molecule has 0 spiro atoms. The highest BCUT2D eigenvalue weighted by molar-refractivity contribution is 14.1. The topological polar surface area (TPSA) is 46.2 Å². The molecule has 1 heterocycles. The Hall–Kier alpha value is -0.140. The molecule has 1 saturated heterocycles. The minimum absolute atomic E-state index is 0.254. The second kappa shape index (κ2) is 6.54. The fraction of sp³-hybridized carbons (Fsp3) is 0.571. The van der Waals surface area contributed by atoms with Crippen LogP contribution in [-0.2, 0) is 16.3 Å². The second-order valence-electron chi connectivity index (χ2n) is 5.16. The van der Waals surface area contributed by atoms with E-state index in [9.17, 15) is 8.42 Å². The first kappa shape index (κ1) is 15.3.